The lowest BCUT2D eigenvalue weighted by atomic mass is 9.72. The maximum atomic E-state index is 4.53. The van der Waals surface area contributed by atoms with Crippen LogP contribution in [0.15, 0.2) is 24.3 Å². The van der Waals surface area contributed by atoms with Crippen molar-refractivity contribution in [1.82, 2.24) is 5.32 Å². The van der Waals surface area contributed by atoms with Crippen molar-refractivity contribution in [3.05, 3.63) is 35.4 Å². The second kappa shape index (κ2) is 3.39. The van der Waals surface area contributed by atoms with Crippen LogP contribution in [0.5, 0.6) is 0 Å². The van der Waals surface area contributed by atoms with Gasteiger partial charge in [-0.3, -0.25) is 0 Å². The van der Waals surface area contributed by atoms with Crippen LogP contribution in [-0.4, -0.2) is 13.1 Å². The molecule has 1 nitrogen and oxygen atoms in total. The molecule has 3 rings (SSSR count). The monoisotopic (exact) mass is 186 g/mol. The van der Waals surface area contributed by atoms with Gasteiger partial charge in [-0.05, 0) is 42.2 Å². The molecule has 0 bridgehead atoms. The quantitative estimate of drug-likeness (QED) is 0.590. The van der Waals surface area contributed by atoms with Gasteiger partial charge in [0.15, 0.2) is 0 Å². The minimum absolute atomic E-state index is 0.817. The van der Waals surface area contributed by atoms with Crippen LogP contribution in [0.2, 0.25) is 0 Å². The lowest BCUT2D eigenvalue weighted by Gasteiger charge is -2.36. The Labute approximate surface area is 85.5 Å². The summed E-state index contributed by atoms with van der Waals surface area (Å²) in [5, 5.41) is 4.53. The second-order valence-corrected chi connectivity index (χ2v) is 4.52. The van der Waals surface area contributed by atoms with Gasteiger partial charge in [-0.1, -0.05) is 24.3 Å². The van der Waals surface area contributed by atoms with Crippen molar-refractivity contribution in [2.45, 2.75) is 25.2 Å². The molecule has 0 aromatic heterocycles. The second-order valence-electron chi connectivity index (χ2n) is 4.52. The SMILES string of the molecule is c1ccc2c(c1)CC[C@@H]1C[N]CC[C@@H]21. The van der Waals surface area contributed by atoms with Crippen molar-refractivity contribution < 1.29 is 0 Å². The van der Waals surface area contributed by atoms with Crippen LogP contribution in [-0.2, 0) is 6.42 Å². The third kappa shape index (κ3) is 1.27. The Morgan fingerprint density at radius 1 is 1.14 bits per heavy atom. The molecule has 2 atom stereocenters. The highest BCUT2D eigenvalue weighted by Gasteiger charge is 2.31. The van der Waals surface area contributed by atoms with Gasteiger partial charge in [-0.15, -0.1) is 0 Å². The van der Waals surface area contributed by atoms with Crippen LogP contribution < -0.4 is 5.32 Å². The van der Waals surface area contributed by atoms with Crippen molar-refractivity contribution in [3.63, 3.8) is 0 Å². The third-order valence-corrected chi connectivity index (χ3v) is 3.77. The molecule has 0 unspecified atom stereocenters. The summed E-state index contributed by atoms with van der Waals surface area (Å²) in [4.78, 5) is 0. The zero-order valence-electron chi connectivity index (χ0n) is 8.45. The van der Waals surface area contributed by atoms with Crippen LogP contribution in [0.25, 0.3) is 0 Å². The highest BCUT2D eigenvalue weighted by Crippen LogP contribution is 2.39. The van der Waals surface area contributed by atoms with Crippen molar-refractivity contribution in [3.8, 4) is 0 Å². The number of piperidine rings is 1. The lowest BCUT2D eigenvalue weighted by Crippen LogP contribution is -2.34. The average Bonchev–Trinajstić information content (AvgIpc) is 2.29. The van der Waals surface area contributed by atoms with Gasteiger partial charge < -0.3 is 0 Å². The van der Waals surface area contributed by atoms with Gasteiger partial charge in [-0.2, -0.15) is 0 Å². The number of fused-ring (bicyclic) bond motifs is 3. The van der Waals surface area contributed by atoms with Crippen LogP contribution in [0.1, 0.15) is 29.9 Å². The van der Waals surface area contributed by atoms with Crippen molar-refractivity contribution in [1.29, 1.82) is 0 Å². The fourth-order valence-electron chi connectivity index (χ4n) is 3.02. The Hall–Kier alpha value is -0.820. The van der Waals surface area contributed by atoms with E-state index in [-0.39, 0.29) is 0 Å². The zero-order chi connectivity index (χ0) is 9.38. The summed E-state index contributed by atoms with van der Waals surface area (Å²) < 4.78 is 0. The molecular weight excluding hydrogens is 170 g/mol. The largest absolute Gasteiger partial charge is 0.241 e. The van der Waals surface area contributed by atoms with Crippen molar-refractivity contribution in [2.75, 3.05) is 13.1 Å². The van der Waals surface area contributed by atoms with Gasteiger partial charge in [-0.25, -0.2) is 5.32 Å². The van der Waals surface area contributed by atoms with E-state index in [0.29, 0.717) is 0 Å². The molecule has 73 valence electrons. The number of aryl methyl sites for hydroxylation is 1. The summed E-state index contributed by atoms with van der Waals surface area (Å²) in [7, 11) is 0. The standard InChI is InChI=1S/C13H16N/c1-2-4-12-10(3-1)5-6-11-9-14-8-7-13(11)12/h1-4,11,13H,5-9H2/t11-,13-/m1/s1. The van der Waals surface area contributed by atoms with Crippen LogP contribution in [0.4, 0.5) is 0 Å². The average molecular weight is 186 g/mol. The first-order valence-corrected chi connectivity index (χ1v) is 5.66. The molecule has 1 aliphatic heterocycles. The van der Waals surface area contributed by atoms with E-state index in [9.17, 15) is 0 Å². The van der Waals surface area contributed by atoms with Gasteiger partial charge in [0.25, 0.3) is 0 Å². The van der Waals surface area contributed by atoms with Crippen LogP contribution >= 0.6 is 0 Å². The highest BCUT2D eigenvalue weighted by atomic mass is 14.9. The fraction of sp³-hybridized carbons (Fsp3) is 0.538. The summed E-state index contributed by atoms with van der Waals surface area (Å²) in [5.74, 6) is 1.66. The van der Waals surface area contributed by atoms with E-state index in [1.54, 1.807) is 11.1 Å². The highest BCUT2D eigenvalue weighted by molar-refractivity contribution is 5.33. The minimum atomic E-state index is 0.817. The first-order chi connectivity index (χ1) is 6.95. The van der Waals surface area contributed by atoms with E-state index in [1.807, 2.05) is 0 Å². The van der Waals surface area contributed by atoms with E-state index >= 15 is 0 Å². The number of rotatable bonds is 0. The predicted octanol–water partition coefficient (Wildman–Crippen LogP) is 2.34. The maximum Gasteiger partial charge on any atom is 0.0167 e. The molecule has 0 spiro atoms. The normalized spacial score (nSPS) is 30.6. The molecule has 0 N–H and O–H groups in total. The van der Waals surface area contributed by atoms with Gasteiger partial charge in [0.05, 0.1) is 0 Å². The molecule has 1 fully saturated rings. The minimum Gasteiger partial charge on any atom is -0.241 e. The van der Waals surface area contributed by atoms with Crippen molar-refractivity contribution in [2.24, 2.45) is 5.92 Å². The van der Waals surface area contributed by atoms with Gasteiger partial charge in [0, 0.05) is 13.1 Å². The molecular formula is C13H16N. The molecule has 1 aliphatic carbocycles. The number of benzene rings is 1. The van der Waals surface area contributed by atoms with Gasteiger partial charge >= 0.3 is 0 Å². The van der Waals surface area contributed by atoms with E-state index in [4.69, 9.17) is 0 Å². The molecule has 2 aliphatic rings. The van der Waals surface area contributed by atoms with Crippen LogP contribution in [0.3, 0.4) is 0 Å². The molecule has 1 heteroatoms. The smallest absolute Gasteiger partial charge is 0.0167 e. The van der Waals surface area contributed by atoms with Crippen molar-refractivity contribution >= 4 is 0 Å². The van der Waals surface area contributed by atoms with E-state index in [2.05, 4.69) is 29.6 Å². The van der Waals surface area contributed by atoms with Gasteiger partial charge in [0.1, 0.15) is 0 Å². The Kier molecular flexibility index (Phi) is 2.06. The number of hydrogen-bond acceptors (Lipinski definition) is 0. The number of nitrogens with zero attached hydrogens (tertiary/aromatic N) is 1. The third-order valence-electron chi connectivity index (χ3n) is 3.77. The molecule has 1 heterocycles. The molecule has 0 saturated carbocycles. The van der Waals surface area contributed by atoms with Crippen LogP contribution in [0, 0.1) is 5.92 Å². The molecule has 1 saturated heterocycles. The Morgan fingerprint density at radius 3 is 3.07 bits per heavy atom. The Morgan fingerprint density at radius 2 is 2.07 bits per heavy atom. The van der Waals surface area contributed by atoms with E-state index in [0.717, 1.165) is 24.9 Å². The first kappa shape index (κ1) is 8.49. The van der Waals surface area contributed by atoms with E-state index in [1.165, 1.54) is 19.3 Å². The summed E-state index contributed by atoms with van der Waals surface area (Å²) in [6.07, 6.45) is 3.90. The molecule has 1 aromatic carbocycles. The zero-order valence-corrected chi connectivity index (χ0v) is 8.45. The van der Waals surface area contributed by atoms with E-state index < -0.39 is 0 Å². The summed E-state index contributed by atoms with van der Waals surface area (Å²) in [6.45, 7) is 2.19. The molecule has 1 aromatic rings. The molecule has 0 amide bonds. The maximum absolute atomic E-state index is 4.53. The Balaban J connectivity index is 1.99. The lowest BCUT2D eigenvalue weighted by molar-refractivity contribution is 0.289. The molecule has 14 heavy (non-hydrogen) atoms. The molecule has 1 radical (unpaired) electrons. The Bertz CT molecular complexity index is 332. The fourth-order valence-corrected chi connectivity index (χ4v) is 3.02. The summed E-state index contributed by atoms with van der Waals surface area (Å²) >= 11 is 0. The summed E-state index contributed by atoms with van der Waals surface area (Å²) in [6, 6.07) is 8.99. The predicted molar refractivity (Wildman–Crippen MR) is 57.5 cm³/mol. The topological polar surface area (TPSA) is 14.1 Å². The first-order valence-electron chi connectivity index (χ1n) is 5.66. The number of hydrogen-bond donors (Lipinski definition) is 0. The summed E-state index contributed by atoms with van der Waals surface area (Å²) in [5.41, 5.74) is 3.22. The van der Waals surface area contributed by atoms with Gasteiger partial charge in [0.2, 0.25) is 0 Å².